The third kappa shape index (κ3) is 4.68. The predicted octanol–water partition coefficient (Wildman–Crippen LogP) is 3.68. The molecule has 0 bridgehead atoms. The molecule has 2 aliphatic rings. The summed E-state index contributed by atoms with van der Waals surface area (Å²) in [6.45, 7) is 3.94. The van der Waals surface area contributed by atoms with Crippen LogP contribution in [0.15, 0.2) is 35.4 Å². The zero-order chi connectivity index (χ0) is 24.0. The van der Waals surface area contributed by atoms with Gasteiger partial charge in [0.25, 0.3) is 0 Å². The Labute approximate surface area is 193 Å². The van der Waals surface area contributed by atoms with Crippen molar-refractivity contribution in [2.45, 2.75) is 75.3 Å². The number of carbonyl (C=O) groups excluding carboxylic acids is 1. The lowest BCUT2D eigenvalue weighted by Gasteiger charge is -2.37. The molecule has 1 amide bonds. The number of rotatable bonds is 5. The van der Waals surface area contributed by atoms with Crippen LogP contribution in [0.25, 0.3) is 5.69 Å². The summed E-state index contributed by atoms with van der Waals surface area (Å²) >= 11 is 0. The van der Waals surface area contributed by atoms with Gasteiger partial charge in [0, 0.05) is 38.7 Å². The molecule has 0 unspecified atom stereocenters. The normalized spacial score (nSPS) is 21.9. The van der Waals surface area contributed by atoms with Crippen molar-refractivity contribution in [1.29, 1.82) is 0 Å². The molecule has 7 nitrogen and oxygen atoms in total. The smallest absolute Gasteiger partial charge is 0.248 e. The van der Waals surface area contributed by atoms with Crippen molar-refractivity contribution in [2.75, 3.05) is 13.6 Å². The van der Waals surface area contributed by atoms with E-state index in [1.54, 1.807) is 37.5 Å². The number of sulfonamides is 1. The molecule has 0 spiro atoms. The number of amides is 1. The standard InChI is InChI=1S/C23H30F2N4O3S/c1-16-6-7-21(20(15-16)28-14-10-17(2)26-28)33(31,32)29-13-4-5-19(29)22(30)27(3)18-8-11-23(24,25)12-9-18/h6-7,10,14-15,18-19H,4-5,8-9,11-13H2,1-3H3/t19-/m0/s1. The molecule has 10 heteroatoms. The van der Waals surface area contributed by atoms with Gasteiger partial charge in [-0.1, -0.05) is 6.07 Å². The molecule has 4 rings (SSSR count). The van der Waals surface area contributed by atoms with Crippen LogP contribution in [0.3, 0.4) is 0 Å². The highest BCUT2D eigenvalue weighted by atomic mass is 32.2. The van der Waals surface area contributed by atoms with Crippen LogP contribution in [-0.2, 0) is 14.8 Å². The molecule has 2 heterocycles. The molecule has 0 N–H and O–H groups in total. The highest BCUT2D eigenvalue weighted by Crippen LogP contribution is 2.36. The summed E-state index contributed by atoms with van der Waals surface area (Å²) in [6, 6.07) is 5.71. The largest absolute Gasteiger partial charge is 0.341 e. The van der Waals surface area contributed by atoms with E-state index >= 15 is 0 Å². The maximum absolute atomic E-state index is 13.8. The van der Waals surface area contributed by atoms with Gasteiger partial charge in [0.05, 0.1) is 11.4 Å². The first-order valence-corrected chi connectivity index (χ1v) is 12.7. The Hall–Kier alpha value is -2.33. The first-order valence-electron chi connectivity index (χ1n) is 11.3. The number of hydrogen-bond donors (Lipinski definition) is 0. The average molecular weight is 481 g/mol. The Morgan fingerprint density at radius 3 is 2.48 bits per heavy atom. The Balaban J connectivity index is 1.61. The Bertz CT molecular complexity index is 1140. The highest BCUT2D eigenvalue weighted by molar-refractivity contribution is 7.89. The topological polar surface area (TPSA) is 75.5 Å². The van der Waals surface area contributed by atoms with E-state index in [1.807, 2.05) is 13.8 Å². The number of carbonyl (C=O) groups is 1. The van der Waals surface area contributed by atoms with Gasteiger partial charge >= 0.3 is 0 Å². The van der Waals surface area contributed by atoms with E-state index in [0.717, 1.165) is 11.3 Å². The molecule has 2 fully saturated rings. The molecular weight excluding hydrogens is 450 g/mol. The fraction of sp³-hybridized carbons (Fsp3) is 0.565. The van der Waals surface area contributed by atoms with E-state index in [9.17, 15) is 22.0 Å². The molecule has 1 saturated carbocycles. The molecule has 1 aromatic heterocycles. The summed E-state index contributed by atoms with van der Waals surface area (Å²) in [5, 5.41) is 4.38. The zero-order valence-corrected chi connectivity index (χ0v) is 20.0. The molecular formula is C23H30F2N4O3S. The van der Waals surface area contributed by atoms with Gasteiger partial charge in [0.1, 0.15) is 10.9 Å². The molecule has 0 radical (unpaired) electrons. The lowest BCUT2D eigenvalue weighted by Crippen LogP contribution is -2.50. The van der Waals surface area contributed by atoms with Crippen molar-refractivity contribution in [3.63, 3.8) is 0 Å². The van der Waals surface area contributed by atoms with Crippen molar-refractivity contribution in [3.05, 3.63) is 41.7 Å². The second-order valence-electron chi connectivity index (χ2n) is 9.18. The van der Waals surface area contributed by atoms with Crippen LogP contribution in [0.5, 0.6) is 0 Å². The number of benzene rings is 1. The van der Waals surface area contributed by atoms with Crippen molar-refractivity contribution in [1.82, 2.24) is 19.0 Å². The molecule has 33 heavy (non-hydrogen) atoms. The first kappa shape index (κ1) is 23.8. The Morgan fingerprint density at radius 1 is 1.15 bits per heavy atom. The lowest BCUT2D eigenvalue weighted by atomic mass is 9.91. The minimum absolute atomic E-state index is 0.0934. The molecule has 1 saturated heterocycles. The molecule has 180 valence electrons. The van der Waals surface area contributed by atoms with E-state index in [2.05, 4.69) is 5.10 Å². The highest BCUT2D eigenvalue weighted by Gasteiger charge is 2.44. The van der Waals surface area contributed by atoms with Gasteiger partial charge in [-0.25, -0.2) is 21.9 Å². The van der Waals surface area contributed by atoms with E-state index < -0.39 is 22.0 Å². The van der Waals surface area contributed by atoms with Crippen molar-refractivity contribution >= 4 is 15.9 Å². The maximum atomic E-state index is 13.8. The summed E-state index contributed by atoms with van der Waals surface area (Å²) in [5.41, 5.74) is 2.08. The quantitative estimate of drug-likeness (QED) is 0.654. The van der Waals surface area contributed by atoms with E-state index in [-0.39, 0.29) is 49.1 Å². The van der Waals surface area contributed by atoms with Gasteiger partial charge in [-0.3, -0.25) is 4.79 Å². The minimum Gasteiger partial charge on any atom is -0.341 e. The monoisotopic (exact) mass is 480 g/mol. The van der Waals surface area contributed by atoms with Crippen LogP contribution in [-0.4, -0.2) is 64.9 Å². The average Bonchev–Trinajstić information content (AvgIpc) is 3.42. The number of hydrogen-bond acceptors (Lipinski definition) is 4. The van der Waals surface area contributed by atoms with Crippen molar-refractivity contribution in [3.8, 4) is 5.69 Å². The van der Waals surface area contributed by atoms with Crippen LogP contribution < -0.4 is 0 Å². The summed E-state index contributed by atoms with van der Waals surface area (Å²) in [4.78, 5) is 14.9. The fourth-order valence-corrected chi connectivity index (χ4v) is 6.61. The predicted molar refractivity (Wildman–Crippen MR) is 120 cm³/mol. The number of aryl methyl sites for hydroxylation is 2. The van der Waals surface area contributed by atoms with Crippen molar-refractivity contribution in [2.24, 2.45) is 0 Å². The van der Waals surface area contributed by atoms with Crippen LogP contribution in [0.2, 0.25) is 0 Å². The molecule has 1 aromatic carbocycles. The second kappa shape index (κ2) is 8.79. The maximum Gasteiger partial charge on any atom is 0.248 e. The van der Waals surface area contributed by atoms with E-state index in [4.69, 9.17) is 0 Å². The second-order valence-corrected chi connectivity index (χ2v) is 11.0. The number of alkyl halides is 2. The summed E-state index contributed by atoms with van der Waals surface area (Å²) in [7, 11) is -2.40. The van der Waals surface area contributed by atoms with E-state index in [0.29, 0.717) is 18.5 Å². The minimum atomic E-state index is -4.00. The summed E-state index contributed by atoms with van der Waals surface area (Å²) in [6.07, 6.45) is 2.62. The molecule has 1 aliphatic carbocycles. The number of likely N-dealkylation sites (N-methyl/N-ethyl adjacent to an activating group) is 1. The van der Waals surface area contributed by atoms with Crippen LogP contribution >= 0.6 is 0 Å². The van der Waals surface area contributed by atoms with Gasteiger partial charge in [0.15, 0.2) is 0 Å². The first-order chi connectivity index (χ1) is 15.5. The van der Waals surface area contributed by atoms with Gasteiger partial charge in [-0.2, -0.15) is 9.40 Å². The van der Waals surface area contributed by atoms with Crippen LogP contribution in [0.4, 0.5) is 8.78 Å². The van der Waals surface area contributed by atoms with Crippen LogP contribution in [0, 0.1) is 13.8 Å². The summed E-state index contributed by atoms with van der Waals surface area (Å²) < 4.78 is 57.4. The summed E-state index contributed by atoms with van der Waals surface area (Å²) in [5.74, 6) is -3.01. The lowest BCUT2D eigenvalue weighted by molar-refractivity contribution is -0.138. The van der Waals surface area contributed by atoms with Gasteiger partial charge in [-0.05, 0) is 63.3 Å². The molecule has 2 aromatic rings. The molecule has 1 atom stereocenters. The van der Waals surface area contributed by atoms with Crippen molar-refractivity contribution < 1.29 is 22.0 Å². The number of halogens is 2. The van der Waals surface area contributed by atoms with Crippen LogP contribution in [0.1, 0.15) is 49.8 Å². The SMILES string of the molecule is Cc1ccc(S(=O)(=O)N2CCC[C@H]2C(=O)N(C)C2CCC(F)(F)CC2)c(-n2ccc(C)n2)c1. The fourth-order valence-electron chi connectivity index (χ4n) is 4.80. The molecule has 1 aliphatic heterocycles. The third-order valence-corrected chi connectivity index (χ3v) is 8.70. The Morgan fingerprint density at radius 2 is 1.85 bits per heavy atom. The number of aromatic nitrogens is 2. The van der Waals surface area contributed by atoms with E-state index in [1.165, 1.54) is 13.9 Å². The third-order valence-electron chi connectivity index (χ3n) is 6.74. The van der Waals surface area contributed by atoms with Gasteiger partial charge in [-0.15, -0.1) is 0 Å². The zero-order valence-electron chi connectivity index (χ0n) is 19.2. The number of nitrogens with zero attached hydrogens (tertiary/aromatic N) is 4. The van der Waals surface area contributed by atoms with Gasteiger partial charge < -0.3 is 4.90 Å². The Kier molecular flexibility index (Phi) is 6.34. The van der Waals surface area contributed by atoms with Gasteiger partial charge in [0.2, 0.25) is 21.9 Å².